The van der Waals surface area contributed by atoms with Crippen molar-refractivity contribution < 1.29 is 17.7 Å². The SMILES string of the molecule is CCCC[N+]1=Cc2cccc(N3CCN(C4COC4)CC3)c2N(C)C1NC1CCN(S(C)(=O)=O)CC1. The van der Waals surface area contributed by atoms with E-state index in [1.54, 1.807) is 4.31 Å². The van der Waals surface area contributed by atoms with Crippen LogP contribution in [0.15, 0.2) is 18.2 Å². The quantitative estimate of drug-likeness (QED) is 0.518. The molecule has 3 fully saturated rings. The zero-order valence-corrected chi connectivity index (χ0v) is 22.9. The fourth-order valence-corrected chi connectivity index (χ4v) is 6.82. The molecule has 3 saturated heterocycles. The minimum atomic E-state index is -3.12. The van der Waals surface area contributed by atoms with Crippen molar-refractivity contribution in [1.29, 1.82) is 0 Å². The van der Waals surface area contributed by atoms with Gasteiger partial charge >= 0.3 is 0 Å². The van der Waals surface area contributed by atoms with Crippen molar-refractivity contribution in [3.63, 3.8) is 0 Å². The average molecular weight is 520 g/mol. The van der Waals surface area contributed by atoms with Crippen LogP contribution in [0.3, 0.4) is 0 Å². The predicted octanol–water partition coefficient (Wildman–Crippen LogP) is 1.19. The van der Waals surface area contributed by atoms with Gasteiger partial charge in [0.25, 0.3) is 6.29 Å². The molecule has 0 aromatic heterocycles. The van der Waals surface area contributed by atoms with Crippen LogP contribution in [0.25, 0.3) is 0 Å². The van der Waals surface area contributed by atoms with Crippen LogP contribution in [-0.4, -0.2) is 119 Å². The van der Waals surface area contributed by atoms with Gasteiger partial charge in [-0.1, -0.05) is 19.4 Å². The van der Waals surface area contributed by atoms with Gasteiger partial charge in [-0.05, 0) is 25.0 Å². The standard InChI is InChI=1S/C26H43N6O3S/c1-4-5-11-31-18-21-7-6-8-24(30-16-14-29(15-17-30)23-19-35-20-23)25(21)28(2)26(31)27-22-9-12-32(13-10-22)36(3,33)34/h6-8,18,22-23,26-27H,4-5,9-17,19-20H2,1-3H3/q+1. The van der Waals surface area contributed by atoms with E-state index in [-0.39, 0.29) is 12.3 Å². The summed E-state index contributed by atoms with van der Waals surface area (Å²) in [5.74, 6) is 0. The first-order valence-corrected chi connectivity index (χ1v) is 15.4. The Kier molecular flexibility index (Phi) is 7.88. The Morgan fingerprint density at radius 3 is 2.42 bits per heavy atom. The van der Waals surface area contributed by atoms with Gasteiger partial charge in [0.1, 0.15) is 6.54 Å². The molecular formula is C26H43N6O3S+. The molecule has 0 bridgehead atoms. The van der Waals surface area contributed by atoms with Gasteiger partial charge in [-0.15, -0.1) is 0 Å². The van der Waals surface area contributed by atoms with Gasteiger partial charge in [0.15, 0.2) is 6.21 Å². The first-order valence-electron chi connectivity index (χ1n) is 13.6. The van der Waals surface area contributed by atoms with E-state index in [1.807, 2.05) is 0 Å². The number of benzene rings is 1. The number of piperidine rings is 1. The first-order chi connectivity index (χ1) is 17.3. The highest BCUT2D eigenvalue weighted by Gasteiger charge is 2.38. The molecule has 5 rings (SSSR count). The molecule has 200 valence electrons. The van der Waals surface area contributed by atoms with E-state index in [0.29, 0.717) is 19.1 Å². The topological polar surface area (TPSA) is 71.4 Å². The number of fused-ring (bicyclic) bond motifs is 1. The van der Waals surface area contributed by atoms with Gasteiger partial charge in [-0.25, -0.2) is 22.6 Å². The Hall–Kier alpha value is -1.72. The van der Waals surface area contributed by atoms with Gasteiger partial charge in [-0.2, -0.15) is 0 Å². The second-order valence-corrected chi connectivity index (χ2v) is 12.7. The zero-order chi connectivity index (χ0) is 25.3. The highest BCUT2D eigenvalue weighted by atomic mass is 32.2. The van der Waals surface area contributed by atoms with Crippen LogP contribution in [0.4, 0.5) is 11.4 Å². The van der Waals surface area contributed by atoms with E-state index in [4.69, 9.17) is 4.74 Å². The fourth-order valence-electron chi connectivity index (χ4n) is 5.95. The van der Waals surface area contributed by atoms with Crippen molar-refractivity contribution in [3.8, 4) is 0 Å². The van der Waals surface area contributed by atoms with Crippen LogP contribution in [-0.2, 0) is 14.8 Å². The molecular weight excluding hydrogens is 476 g/mol. The number of piperazine rings is 1. The summed E-state index contributed by atoms with van der Waals surface area (Å²) < 4.78 is 33.4. The second-order valence-electron chi connectivity index (χ2n) is 10.7. The molecule has 4 aliphatic heterocycles. The minimum absolute atomic E-state index is 0.0494. The number of nitrogens with one attached hydrogen (secondary N) is 1. The van der Waals surface area contributed by atoms with Crippen molar-refractivity contribution in [1.82, 2.24) is 14.5 Å². The summed E-state index contributed by atoms with van der Waals surface area (Å²) in [6, 6.07) is 7.58. The summed E-state index contributed by atoms with van der Waals surface area (Å²) in [7, 11) is -0.911. The van der Waals surface area contributed by atoms with E-state index in [1.165, 1.54) is 23.2 Å². The molecule has 0 spiro atoms. The summed E-state index contributed by atoms with van der Waals surface area (Å²) >= 11 is 0. The van der Waals surface area contributed by atoms with E-state index < -0.39 is 10.0 Å². The molecule has 36 heavy (non-hydrogen) atoms. The number of ether oxygens (including phenoxy) is 1. The molecule has 1 unspecified atom stereocenters. The summed E-state index contributed by atoms with van der Waals surface area (Å²) in [6.45, 7) is 10.4. The smallest absolute Gasteiger partial charge is 0.288 e. The second kappa shape index (κ2) is 10.9. The molecule has 0 amide bonds. The highest BCUT2D eigenvalue weighted by Crippen LogP contribution is 2.36. The Morgan fingerprint density at radius 2 is 1.81 bits per heavy atom. The summed E-state index contributed by atoms with van der Waals surface area (Å²) in [6.07, 6.45) is 7.65. The molecule has 0 saturated carbocycles. The van der Waals surface area contributed by atoms with Gasteiger partial charge in [0, 0.05) is 58.8 Å². The number of hydrogen-bond donors (Lipinski definition) is 1. The summed E-state index contributed by atoms with van der Waals surface area (Å²) in [5.41, 5.74) is 3.87. The van der Waals surface area contributed by atoms with Crippen LogP contribution in [0, 0.1) is 0 Å². The normalized spacial score (nSPS) is 25.0. The molecule has 4 heterocycles. The van der Waals surface area contributed by atoms with Gasteiger partial charge in [0.05, 0.1) is 42.4 Å². The maximum Gasteiger partial charge on any atom is 0.288 e. The Morgan fingerprint density at radius 1 is 1.08 bits per heavy atom. The Balaban J connectivity index is 1.34. The van der Waals surface area contributed by atoms with Crippen LogP contribution >= 0.6 is 0 Å². The zero-order valence-electron chi connectivity index (χ0n) is 22.1. The molecule has 0 radical (unpaired) electrons. The van der Waals surface area contributed by atoms with Crippen molar-refractivity contribution in [2.75, 3.05) is 82.1 Å². The lowest BCUT2D eigenvalue weighted by atomic mass is 10.0. The number of para-hydroxylation sites is 1. The van der Waals surface area contributed by atoms with E-state index in [2.05, 4.69) is 63.0 Å². The number of unbranched alkanes of at least 4 members (excludes halogenated alkanes) is 1. The number of anilines is 2. The van der Waals surface area contributed by atoms with Crippen molar-refractivity contribution in [3.05, 3.63) is 23.8 Å². The predicted molar refractivity (Wildman–Crippen MR) is 145 cm³/mol. The van der Waals surface area contributed by atoms with Crippen LogP contribution in [0.5, 0.6) is 0 Å². The molecule has 1 aromatic carbocycles. The number of nitrogens with zero attached hydrogens (tertiary/aromatic N) is 5. The third kappa shape index (κ3) is 5.43. The number of hydrogen-bond acceptors (Lipinski definition) is 7. The summed E-state index contributed by atoms with van der Waals surface area (Å²) in [4.78, 5) is 7.53. The third-order valence-corrected chi connectivity index (χ3v) is 9.56. The van der Waals surface area contributed by atoms with Crippen LogP contribution < -0.4 is 15.1 Å². The van der Waals surface area contributed by atoms with E-state index in [9.17, 15) is 8.42 Å². The highest BCUT2D eigenvalue weighted by molar-refractivity contribution is 7.88. The molecule has 4 aliphatic rings. The lowest BCUT2D eigenvalue weighted by Crippen LogP contribution is -2.60. The third-order valence-electron chi connectivity index (χ3n) is 8.25. The van der Waals surface area contributed by atoms with Crippen molar-refractivity contribution in [2.45, 2.75) is 51.0 Å². The van der Waals surface area contributed by atoms with Gasteiger partial charge in [-0.3, -0.25) is 4.90 Å². The molecule has 1 N–H and O–H groups in total. The maximum absolute atomic E-state index is 12.0. The van der Waals surface area contributed by atoms with Crippen LogP contribution in [0.1, 0.15) is 38.2 Å². The maximum atomic E-state index is 12.0. The lowest BCUT2D eigenvalue weighted by molar-refractivity contribution is -0.569. The van der Waals surface area contributed by atoms with Gasteiger partial charge in [0.2, 0.25) is 10.0 Å². The molecule has 9 nitrogen and oxygen atoms in total. The minimum Gasteiger partial charge on any atom is -0.378 e. The summed E-state index contributed by atoms with van der Waals surface area (Å²) in [5, 5.41) is 3.91. The Labute approximate surface area is 216 Å². The largest absolute Gasteiger partial charge is 0.378 e. The Bertz CT molecular complexity index is 1040. The fraction of sp³-hybridized carbons (Fsp3) is 0.731. The van der Waals surface area contributed by atoms with Gasteiger partial charge < -0.3 is 14.5 Å². The van der Waals surface area contributed by atoms with Crippen molar-refractivity contribution >= 4 is 27.6 Å². The molecule has 1 atom stereocenters. The van der Waals surface area contributed by atoms with E-state index >= 15 is 0 Å². The van der Waals surface area contributed by atoms with E-state index in [0.717, 1.165) is 71.6 Å². The van der Waals surface area contributed by atoms with Crippen LogP contribution in [0.2, 0.25) is 0 Å². The first kappa shape index (κ1) is 25.9. The van der Waals surface area contributed by atoms with Crippen molar-refractivity contribution in [2.24, 2.45) is 0 Å². The molecule has 1 aromatic rings. The number of sulfonamides is 1. The monoisotopic (exact) mass is 519 g/mol. The lowest BCUT2D eigenvalue weighted by Gasteiger charge is -2.44. The molecule has 10 heteroatoms. The average Bonchev–Trinajstić information content (AvgIpc) is 2.83. The molecule has 0 aliphatic carbocycles. The number of rotatable bonds is 8.